The number of pyridine rings is 1. The van der Waals surface area contributed by atoms with E-state index in [1.807, 2.05) is 0 Å². The van der Waals surface area contributed by atoms with Crippen LogP contribution in [0.15, 0.2) is 18.2 Å². The van der Waals surface area contributed by atoms with E-state index in [9.17, 15) is 5.11 Å². The summed E-state index contributed by atoms with van der Waals surface area (Å²) in [7, 11) is 1.54. The highest BCUT2D eigenvalue weighted by molar-refractivity contribution is 5.18. The van der Waals surface area contributed by atoms with E-state index in [0.717, 1.165) is 0 Å². The van der Waals surface area contributed by atoms with Crippen LogP contribution in [-0.4, -0.2) is 23.3 Å². The first kappa shape index (κ1) is 9.95. The lowest BCUT2D eigenvalue weighted by molar-refractivity contribution is 0.162. The molecule has 0 aliphatic rings. The molecule has 0 aromatic carbocycles. The smallest absolute Gasteiger partial charge is 0.213 e. The molecule has 1 rings (SSSR count). The Bertz CT molecular complexity index is 276. The fourth-order valence-corrected chi connectivity index (χ4v) is 0.977. The minimum Gasteiger partial charge on any atom is -0.481 e. The monoisotopic (exact) mass is 182 g/mol. The number of ether oxygens (including phenoxy) is 1. The predicted octanol–water partition coefficient (Wildman–Crippen LogP) is 0.471. The van der Waals surface area contributed by atoms with Gasteiger partial charge in [-0.1, -0.05) is 6.07 Å². The van der Waals surface area contributed by atoms with Gasteiger partial charge >= 0.3 is 0 Å². The average molecular weight is 182 g/mol. The lowest BCUT2D eigenvalue weighted by atomic mass is 10.1. The van der Waals surface area contributed by atoms with E-state index in [0.29, 0.717) is 11.6 Å². The van der Waals surface area contributed by atoms with Gasteiger partial charge in [0.05, 0.1) is 24.9 Å². The van der Waals surface area contributed by atoms with Crippen molar-refractivity contribution in [3.05, 3.63) is 23.9 Å². The van der Waals surface area contributed by atoms with E-state index >= 15 is 0 Å². The Morgan fingerprint density at radius 2 is 2.23 bits per heavy atom. The van der Waals surface area contributed by atoms with E-state index < -0.39 is 12.1 Å². The van der Waals surface area contributed by atoms with Gasteiger partial charge in [0.15, 0.2) is 0 Å². The fraction of sp³-hybridized carbons (Fsp3) is 0.444. The van der Waals surface area contributed by atoms with Gasteiger partial charge < -0.3 is 15.6 Å². The van der Waals surface area contributed by atoms with Crippen molar-refractivity contribution >= 4 is 0 Å². The van der Waals surface area contributed by atoms with Crippen molar-refractivity contribution in [1.82, 2.24) is 4.98 Å². The summed E-state index contributed by atoms with van der Waals surface area (Å²) < 4.78 is 4.94. The van der Waals surface area contributed by atoms with Crippen molar-refractivity contribution in [3.63, 3.8) is 0 Å². The number of aliphatic hydroxyl groups excluding tert-OH is 1. The summed E-state index contributed by atoms with van der Waals surface area (Å²) in [5.41, 5.74) is 6.33. The molecule has 0 fully saturated rings. The first-order valence-corrected chi connectivity index (χ1v) is 4.09. The number of hydrogen-bond acceptors (Lipinski definition) is 4. The summed E-state index contributed by atoms with van der Waals surface area (Å²) in [6.45, 7) is 1.63. The second-order valence-corrected chi connectivity index (χ2v) is 2.87. The van der Waals surface area contributed by atoms with Crippen LogP contribution >= 0.6 is 0 Å². The van der Waals surface area contributed by atoms with Gasteiger partial charge in [0.2, 0.25) is 5.88 Å². The van der Waals surface area contributed by atoms with Crippen molar-refractivity contribution in [2.45, 2.75) is 19.1 Å². The first-order valence-electron chi connectivity index (χ1n) is 4.09. The van der Waals surface area contributed by atoms with Crippen LogP contribution in [0.4, 0.5) is 0 Å². The number of nitrogens with zero attached hydrogens (tertiary/aromatic N) is 1. The van der Waals surface area contributed by atoms with Gasteiger partial charge in [-0.15, -0.1) is 0 Å². The van der Waals surface area contributed by atoms with Crippen LogP contribution in [-0.2, 0) is 0 Å². The zero-order valence-electron chi connectivity index (χ0n) is 7.77. The zero-order valence-corrected chi connectivity index (χ0v) is 7.77. The summed E-state index contributed by atoms with van der Waals surface area (Å²) >= 11 is 0. The van der Waals surface area contributed by atoms with Crippen LogP contribution in [0.3, 0.4) is 0 Å². The van der Waals surface area contributed by atoms with Gasteiger partial charge in [-0.2, -0.15) is 0 Å². The molecule has 0 bridgehead atoms. The minimum atomic E-state index is -0.611. The molecule has 0 amide bonds. The quantitative estimate of drug-likeness (QED) is 0.713. The molecule has 0 radical (unpaired) electrons. The Hall–Kier alpha value is -1.13. The van der Waals surface area contributed by atoms with Gasteiger partial charge in [-0.3, -0.25) is 0 Å². The van der Waals surface area contributed by atoms with E-state index in [2.05, 4.69) is 4.98 Å². The highest BCUT2D eigenvalue weighted by Crippen LogP contribution is 2.14. The third kappa shape index (κ3) is 2.40. The van der Waals surface area contributed by atoms with Gasteiger partial charge in [-0.05, 0) is 13.0 Å². The highest BCUT2D eigenvalue weighted by atomic mass is 16.5. The molecular weight excluding hydrogens is 168 g/mol. The molecule has 0 saturated carbocycles. The molecular formula is C9H14N2O2. The maximum absolute atomic E-state index is 9.23. The Labute approximate surface area is 77.4 Å². The van der Waals surface area contributed by atoms with Crippen LogP contribution in [0, 0.1) is 0 Å². The second kappa shape index (κ2) is 4.20. The maximum Gasteiger partial charge on any atom is 0.213 e. The molecule has 3 N–H and O–H groups in total. The Kier molecular flexibility index (Phi) is 3.22. The highest BCUT2D eigenvalue weighted by Gasteiger charge is 2.13. The van der Waals surface area contributed by atoms with Crippen molar-refractivity contribution < 1.29 is 9.84 Å². The number of rotatable bonds is 3. The van der Waals surface area contributed by atoms with E-state index in [4.69, 9.17) is 10.5 Å². The van der Waals surface area contributed by atoms with Crippen molar-refractivity contribution in [2.75, 3.05) is 7.11 Å². The molecule has 2 atom stereocenters. The van der Waals surface area contributed by atoms with Gasteiger partial charge in [0.1, 0.15) is 0 Å². The molecule has 1 heterocycles. The molecule has 1 aromatic rings. The van der Waals surface area contributed by atoms with Crippen LogP contribution in [0.5, 0.6) is 5.88 Å². The Balaban J connectivity index is 2.88. The van der Waals surface area contributed by atoms with Gasteiger partial charge in [0.25, 0.3) is 0 Å². The molecule has 0 spiro atoms. The SMILES string of the molecule is COc1cccc([C@@H](N)[C@@H](C)O)n1. The molecule has 0 aliphatic heterocycles. The Morgan fingerprint density at radius 3 is 2.77 bits per heavy atom. The van der Waals surface area contributed by atoms with Gasteiger partial charge in [-0.25, -0.2) is 4.98 Å². The molecule has 1 aromatic heterocycles. The summed E-state index contributed by atoms with van der Waals surface area (Å²) in [4.78, 5) is 4.11. The van der Waals surface area contributed by atoms with Crippen LogP contribution in [0.2, 0.25) is 0 Å². The molecule has 13 heavy (non-hydrogen) atoms. The molecule has 4 heteroatoms. The Morgan fingerprint density at radius 1 is 1.54 bits per heavy atom. The average Bonchev–Trinajstić information content (AvgIpc) is 2.16. The van der Waals surface area contributed by atoms with E-state index in [1.165, 1.54) is 0 Å². The maximum atomic E-state index is 9.23. The third-order valence-corrected chi connectivity index (χ3v) is 1.82. The minimum absolute atomic E-state index is 0.463. The van der Waals surface area contributed by atoms with Crippen LogP contribution in [0.1, 0.15) is 18.7 Å². The molecule has 72 valence electrons. The lowest BCUT2D eigenvalue weighted by Gasteiger charge is -2.14. The third-order valence-electron chi connectivity index (χ3n) is 1.82. The molecule has 0 saturated heterocycles. The standard InChI is InChI=1S/C9H14N2O2/c1-6(12)9(10)7-4-3-5-8(11-7)13-2/h3-6,9,12H,10H2,1-2H3/t6-,9+/m1/s1. The number of aromatic nitrogens is 1. The number of aliphatic hydroxyl groups is 1. The molecule has 0 aliphatic carbocycles. The van der Waals surface area contributed by atoms with E-state index in [1.54, 1.807) is 32.2 Å². The van der Waals surface area contributed by atoms with E-state index in [-0.39, 0.29) is 0 Å². The predicted molar refractivity (Wildman–Crippen MR) is 49.4 cm³/mol. The van der Waals surface area contributed by atoms with Crippen molar-refractivity contribution in [2.24, 2.45) is 5.73 Å². The van der Waals surface area contributed by atoms with Gasteiger partial charge in [0, 0.05) is 6.07 Å². The molecule has 4 nitrogen and oxygen atoms in total. The summed E-state index contributed by atoms with van der Waals surface area (Å²) in [5.74, 6) is 0.508. The second-order valence-electron chi connectivity index (χ2n) is 2.87. The summed E-state index contributed by atoms with van der Waals surface area (Å²) in [5, 5.41) is 9.23. The molecule has 0 unspecified atom stereocenters. The van der Waals surface area contributed by atoms with Crippen LogP contribution in [0.25, 0.3) is 0 Å². The summed E-state index contributed by atoms with van der Waals surface area (Å²) in [6, 6.07) is 4.83. The fourth-order valence-electron chi connectivity index (χ4n) is 0.977. The zero-order chi connectivity index (χ0) is 9.84. The normalized spacial score (nSPS) is 15.1. The number of hydrogen-bond donors (Lipinski definition) is 2. The topological polar surface area (TPSA) is 68.4 Å². The number of nitrogens with two attached hydrogens (primary N) is 1. The largest absolute Gasteiger partial charge is 0.481 e. The van der Waals surface area contributed by atoms with Crippen LogP contribution < -0.4 is 10.5 Å². The van der Waals surface area contributed by atoms with Crippen molar-refractivity contribution in [3.8, 4) is 5.88 Å². The lowest BCUT2D eigenvalue weighted by Crippen LogP contribution is -2.24. The number of methoxy groups -OCH3 is 1. The van der Waals surface area contributed by atoms with Crippen molar-refractivity contribution in [1.29, 1.82) is 0 Å². The summed E-state index contributed by atoms with van der Waals surface area (Å²) in [6.07, 6.45) is -0.611. The first-order chi connectivity index (χ1) is 6.15.